The van der Waals surface area contributed by atoms with Crippen molar-refractivity contribution in [3.8, 4) is 0 Å². The van der Waals surface area contributed by atoms with Gasteiger partial charge < -0.3 is 15.0 Å². The summed E-state index contributed by atoms with van der Waals surface area (Å²) in [5.74, 6) is 0.805. The first-order valence-electron chi connectivity index (χ1n) is 8.20. The number of pyridine rings is 1. The Hall–Kier alpha value is -2.18. The molecule has 1 aliphatic heterocycles. The van der Waals surface area contributed by atoms with Crippen molar-refractivity contribution in [3.05, 3.63) is 64.3 Å². The van der Waals surface area contributed by atoms with E-state index in [1.807, 2.05) is 36.4 Å². The lowest BCUT2D eigenvalue weighted by Gasteiger charge is -2.28. The van der Waals surface area contributed by atoms with Crippen molar-refractivity contribution in [2.75, 3.05) is 31.2 Å². The van der Waals surface area contributed by atoms with E-state index in [0.717, 1.165) is 47.7 Å². The first-order valence-corrected chi connectivity index (χ1v) is 9.00. The second kappa shape index (κ2) is 8.78. The van der Waals surface area contributed by atoms with Gasteiger partial charge in [-0.15, -0.1) is 0 Å². The van der Waals surface area contributed by atoms with Gasteiger partial charge in [0.05, 0.1) is 13.2 Å². The van der Waals surface area contributed by atoms with Crippen LogP contribution >= 0.6 is 15.9 Å². The van der Waals surface area contributed by atoms with Crippen LogP contribution in [0.5, 0.6) is 0 Å². The van der Waals surface area contributed by atoms with Gasteiger partial charge in [-0.2, -0.15) is 0 Å². The van der Waals surface area contributed by atoms with Gasteiger partial charge in [-0.3, -0.25) is 4.79 Å². The summed E-state index contributed by atoms with van der Waals surface area (Å²) < 4.78 is 6.33. The van der Waals surface area contributed by atoms with E-state index < -0.39 is 0 Å². The zero-order valence-electron chi connectivity index (χ0n) is 13.8. The molecule has 0 unspecified atom stereocenters. The minimum atomic E-state index is -0.125. The molecular formula is C19H20BrN3O2. The Kier molecular flexibility index (Phi) is 6.19. The molecule has 0 aliphatic carbocycles. The number of carbonyl (C=O) groups excluding carboxylic acids is 1. The topological polar surface area (TPSA) is 54.5 Å². The lowest BCUT2D eigenvalue weighted by molar-refractivity contribution is -0.116. The minimum Gasteiger partial charge on any atom is -0.378 e. The Morgan fingerprint density at radius 1 is 1.28 bits per heavy atom. The molecule has 1 amide bonds. The van der Waals surface area contributed by atoms with E-state index in [4.69, 9.17) is 4.74 Å². The summed E-state index contributed by atoms with van der Waals surface area (Å²) in [6, 6.07) is 11.7. The predicted octanol–water partition coefficient (Wildman–Crippen LogP) is 3.01. The van der Waals surface area contributed by atoms with Crippen LogP contribution in [0, 0.1) is 0 Å². The molecule has 5 nitrogen and oxygen atoms in total. The Bertz CT molecular complexity index is 758. The fraction of sp³-hybridized carbons (Fsp3) is 0.263. The summed E-state index contributed by atoms with van der Waals surface area (Å²) in [5, 5.41) is 2.91. The number of anilines is 1. The van der Waals surface area contributed by atoms with Gasteiger partial charge in [0.25, 0.3) is 0 Å². The number of nitrogens with zero attached hydrogens (tertiary/aromatic N) is 2. The molecule has 1 N–H and O–H groups in total. The number of carbonyl (C=O) groups is 1. The maximum Gasteiger partial charge on any atom is 0.244 e. The van der Waals surface area contributed by atoms with E-state index in [0.29, 0.717) is 6.54 Å². The van der Waals surface area contributed by atoms with Gasteiger partial charge in [-0.05, 0) is 35.4 Å². The lowest BCUT2D eigenvalue weighted by atomic mass is 10.2. The molecule has 6 heteroatoms. The number of aromatic nitrogens is 1. The van der Waals surface area contributed by atoms with Gasteiger partial charge in [0.15, 0.2) is 0 Å². The molecule has 1 fully saturated rings. The largest absolute Gasteiger partial charge is 0.378 e. The Morgan fingerprint density at radius 2 is 2.08 bits per heavy atom. The van der Waals surface area contributed by atoms with Gasteiger partial charge in [0, 0.05) is 36.4 Å². The molecule has 3 rings (SSSR count). The molecule has 0 atom stereocenters. The van der Waals surface area contributed by atoms with Crippen molar-refractivity contribution >= 4 is 33.7 Å². The highest BCUT2D eigenvalue weighted by Crippen LogP contribution is 2.17. The number of halogens is 1. The van der Waals surface area contributed by atoms with Crippen LogP contribution in [0.3, 0.4) is 0 Å². The first kappa shape index (κ1) is 17.6. The molecule has 25 heavy (non-hydrogen) atoms. The Morgan fingerprint density at radius 3 is 2.88 bits per heavy atom. The van der Waals surface area contributed by atoms with Crippen LogP contribution in [0.25, 0.3) is 6.08 Å². The second-order valence-corrected chi connectivity index (χ2v) is 6.55. The standard InChI is InChI=1S/C19H20BrN3O2/c20-17-4-2-1-3-16(17)5-6-19(24)22-14-15-7-8-21-18(13-15)23-9-11-25-12-10-23/h1-8,13H,9-12,14H2,(H,22,24)/b6-5+. The highest BCUT2D eigenvalue weighted by atomic mass is 79.9. The van der Waals surface area contributed by atoms with Gasteiger partial charge in [-0.1, -0.05) is 34.1 Å². The Balaban J connectivity index is 1.56. The van der Waals surface area contributed by atoms with Crippen LogP contribution in [0.1, 0.15) is 11.1 Å². The predicted molar refractivity (Wildman–Crippen MR) is 102 cm³/mol. The number of benzene rings is 1. The summed E-state index contributed by atoms with van der Waals surface area (Å²) >= 11 is 3.46. The number of ether oxygens (including phenoxy) is 1. The maximum absolute atomic E-state index is 12.0. The smallest absolute Gasteiger partial charge is 0.244 e. The molecule has 130 valence electrons. The Labute approximate surface area is 155 Å². The van der Waals surface area contributed by atoms with Crippen molar-refractivity contribution in [2.45, 2.75) is 6.54 Å². The van der Waals surface area contributed by atoms with Crippen LogP contribution in [0.4, 0.5) is 5.82 Å². The highest BCUT2D eigenvalue weighted by Gasteiger charge is 2.12. The molecular weight excluding hydrogens is 382 g/mol. The first-order chi connectivity index (χ1) is 12.2. The molecule has 0 saturated carbocycles. The van der Waals surface area contributed by atoms with E-state index >= 15 is 0 Å². The molecule has 2 heterocycles. The number of hydrogen-bond acceptors (Lipinski definition) is 4. The average molecular weight is 402 g/mol. The second-order valence-electron chi connectivity index (χ2n) is 5.69. The van der Waals surface area contributed by atoms with Crippen molar-refractivity contribution in [2.24, 2.45) is 0 Å². The maximum atomic E-state index is 12.0. The molecule has 2 aromatic rings. The molecule has 0 radical (unpaired) electrons. The zero-order valence-corrected chi connectivity index (χ0v) is 15.4. The molecule has 0 spiro atoms. The number of morpholine rings is 1. The zero-order chi connectivity index (χ0) is 17.5. The number of amides is 1. The van der Waals surface area contributed by atoms with Crippen LogP contribution < -0.4 is 10.2 Å². The SMILES string of the molecule is O=C(/C=C/c1ccccc1Br)NCc1ccnc(N2CCOCC2)c1. The molecule has 1 aromatic carbocycles. The lowest BCUT2D eigenvalue weighted by Crippen LogP contribution is -2.36. The normalized spacial score (nSPS) is 14.7. The van der Waals surface area contributed by atoms with Crippen molar-refractivity contribution in [1.29, 1.82) is 0 Å². The van der Waals surface area contributed by atoms with E-state index in [1.165, 1.54) is 0 Å². The fourth-order valence-electron chi connectivity index (χ4n) is 2.56. The highest BCUT2D eigenvalue weighted by molar-refractivity contribution is 9.10. The summed E-state index contributed by atoms with van der Waals surface area (Å²) in [4.78, 5) is 18.6. The molecule has 0 bridgehead atoms. The third-order valence-electron chi connectivity index (χ3n) is 3.93. The molecule has 1 aromatic heterocycles. The van der Waals surface area contributed by atoms with Gasteiger partial charge in [-0.25, -0.2) is 4.98 Å². The van der Waals surface area contributed by atoms with Crippen molar-refractivity contribution < 1.29 is 9.53 Å². The average Bonchev–Trinajstić information content (AvgIpc) is 2.67. The van der Waals surface area contributed by atoms with Gasteiger partial charge in [0.2, 0.25) is 5.91 Å². The fourth-order valence-corrected chi connectivity index (χ4v) is 2.98. The minimum absolute atomic E-state index is 0.125. The van der Waals surface area contributed by atoms with Gasteiger partial charge >= 0.3 is 0 Å². The molecule has 1 saturated heterocycles. The monoisotopic (exact) mass is 401 g/mol. The molecule has 1 aliphatic rings. The third kappa shape index (κ3) is 5.14. The number of nitrogens with one attached hydrogen (secondary N) is 1. The summed E-state index contributed by atoms with van der Waals surface area (Å²) in [7, 11) is 0. The van der Waals surface area contributed by atoms with Crippen LogP contribution in [-0.2, 0) is 16.1 Å². The van der Waals surface area contributed by atoms with Crippen LogP contribution in [-0.4, -0.2) is 37.2 Å². The van der Waals surface area contributed by atoms with Crippen LogP contribution in [0.2, 0.25) is 0 Å². The van der Waals surface area contributed by atoms with Crippen molar-refractivity contribution in [1.82, 2.24) is 10.3 Å². The van der Waals surface area contributed by atoms with E-state index in [9.17, 15) is 4.79 Å². The van der Waals surface area contributed by atoms with Crippen molar-refractivity contribution in [3.63, 3.8) is 0 Å². The summed E-state index contributed by atoms with van der Waals surface area (Å²) in [5.41, 5.74) is 2.00. The van der Waals surface area contributed by atoms with E-state index in [2.05, 4.69) is 31.1 Å². The number of rotatable bonds is 5. The van der Waals surface area contributed by atoms with E-state index in [1.54, 1.807) is 18.3 Å². The summed E-state index contributed by atoms with van der Waals surface area (Å²) in [6.45, 7) is 3.61. The van der Waals surface area contributed by atoms with Gasteiger partial charge in [0.1, 0.15) is 5.82 Å². The third-order valence-corrected chi connectivity index (χ3v) is 4.65. The quantitative estimate of drug-likeness (QED) is 0.782. The van der Waals surface area contributed by atoms with E-state index in [-0.39, 0.29) is 5.91 Å². The number of hydrogen-bond donors (Lipinski definition) is 1. The van der Waals surface area contributed by atoms with Crippen LogP contribution in [0.15, 0.2) is 53.1 Å². The summed E-state index contributed by atoms with van der Waals surface area (Å²) in [6.07, 6.45) is 5.12.